The van der Waals surface area contributed by atoms with Gasteiger partial charge in [0.25, 0.3) is 0 Å². The third kappa shape index (κ3) is 4.39. The second-order valence-corrected chi connectivity index (χ2v) is 6.18. The number of nitrogens with zero attached hydrogens (tertiary/aromatic N) is 1. The monoisotopic (exact) mass is 370 g/mol. The Labute approximate surface area is 148 Å². The molecule has 1 aliphatic heterocycles. The van der Waals surface area contributed by atoms with E-state index in [-0.39, 0.29) is 47.4 Å². The van der Waals surface area contributed by atoms with Crippen molar-refractivity contribution in [3.8, 4) is 5.75 Å². The number of rotatable bonds is 4. The predicted molar refractivity (Wildman–Crippen MR) is 92.1 cm³/mol. The molecule has 0 bridgehead atoms. The van der Waals surface area contributed by atoms with Gasteiger partial charge in [-0.3, -0.25) is 4.90 Å². The van der Waals surface area contributed by atoms with Gasteiger partial charge in [-0.1, -0.05) is 24.4 Å². The molecule has 3 nitrogen and oxygen atoms in total. The van der Waals surface area contributed by atoms with Gasteiger partial charge in [-0.2, -0.15) is 0 Å². The molecular weight excluding hydrogens is 350 g/mol. The SMILES string of the molecule is Cl.Cl.Oc1c(Cl)ccc(F)c1[C@H](CC1CC1)N1CCNCC1. The first kappa shape index (κ1) is 19.8. The van der Waals surface area contributed by atoms with E-state index in [0.29, 0.717) is 11.5 Å². The number of piperazine rings is 1. The smallest absolute Gasteiger partial charge is 0.141 e. The normalized spacial score (nSPS) is 19.9. The number of halogens is 4. The Hall–Kier alpha value is -0.260. The van der Waals surface area contributed by atoms with Crippen molar-refractivity contribution in [1.29, 1.82) is 0 Å². The summed E-state index contributed by atoms with van der Waals surface area (Å²) in [5.41, 5.74) is 0.381. The quantitative estimate of drug-likeness (QED) is 0.845. The second-order valence-electron chi connectivity index (χ2n) is 5.77. The molecule has 1 heterocycles. The zero-order valence-corrected chi connectivity index (χ0v) is 14.6. The molecular formula is C15H22Cl3FN2O. The van der Waals surface area contributed by atoms with E-state index >= 15 is 0 Å². The first-order valence-corrected chi connectivity index (χ1v) is 7.66. The van der Waals surface area contributed by atoms with Gasteiger partial charge in [0.1, 0.15) is 11.6 Å². The van der Waals surface area contributed by atoms with Crippen LogP contribution in [0, 0.1) is 11.7 Å². The lowest BCUT2D eigenvalue weighted by atomic mass is 9.97. The Morgan fingerprint density at radius 1 is 1.27 bits per heavy atom. The molecule has 22 heavy (non-hydrogen) atoms. The number of nitrogens with one attached hydrogen (secondary N) is 1. The highest BCUT2D eigenvalue weighted by atomic mass is 35.5. The summed E-state index contributed by atoms with van der Waals surface area (Å²) in [6.07, 6.45) is 3.34. The molecule has 2 aliphatic rings. The van der Waals surface area contributed by atoms with E-state index in [1.54, 1.807) is 0 Å². The maximum absolute atomic E-state index is 14.2. The summed E-state index contributed by atoms with van der Waals surface area (Å²) in [7, 11) is 0. The van der Waals surface area contributed by atoms with Crippen LogP contribution in [0.5, 0.6) is 5.75 Å². The summed E-state index contributed by atoms with van der Waals surface area (Å²) in [4.78, 5) is 2.27. The number of hydrogen-bond acceptors (Lipinski definition) is 3. The minimum Gasteiger partial charge on any atom is -0.506 e. The minimum absolute atomic E-state index is 0. The van der Waals surface area contributed by atoms with E-state index in [2.05, 4.69) is 10.2 Å². The summed E-state index contributed by atoms with van der Waals surface area (Å²) in [5.74, 6) is 0.222. The van der Waals surface area contributed by atoms with Crippen LogP contribution in [0.15, 0.2) is 12.1 Å². The number of aromatic hydroxyl groups is 1. The van der Waals surface area contributed by atoms with Gasteiger partial charge in [0.2, 0.25) is 0 Å². The molecule has 0 aromatic heterocycles. The Kier molecular flexibility index (Phi) is 7.69. The molecule has 2 N–H and O–H groups in total. The van der Waals surface area contributed by atoms with Gasteiger partial charge < -0.3 is 10.4 Å². The topological polar surface area (TPSA) is 35.5 Å². The summed E-state index contributed by atoms with van der Waals surface area (Å²) in [6, 6.07) is 2.71. The Morgan fingerprint density at radius 3 is 2.50 bits per heavy atom. The third-order valence-electron chi connectivity index (χ3n) is 4.29. The standard InChI is InChI=1S/C15H20ClFN2O.2ClH/c16-11-3-4-12(17)14(15(11)20)13(9-10-1-2-10)19-7-5-18-6-8-19;;/h3-4,10,13,18,20H,1-2,5-9H2;2*1H/t13-;;/m0../s1. The number of phenolic OH excluding ortho intramolecular Hbond substituents is 1. The fraction of sp³-hybridized carbons (Fsp3) is 0.600. The van der Waals surface area contributed by atoms with E-state index in [9.17, 15) is 9.50 Å². The lowest BCUT2D eigenvalue weighted by Crippen LogP contribution is -2.45. The van der Waals surface area contributed by atoms with Crippen LogP contribution < -0.4 is 5.32 Å². The van der Waals surface area contributed by atoms with Gasteiger partial charge in [0.15, 0.2) is 0 Å². The van der Waals surface area contributed by atoms with Crippen LogP contribution in [-0.4, -0.2) is 36.2 Å². The molecule has 3 rings (SSSR count). The van der Waals surface area contributed by atoms with Gasteiger partial charge in [-0.25, -0.2) is 4.39 Å². The molecule has 126 valence electrons. The zero-order valence-electron chi connectivity index (χ0n) is 12.2. The van der Waals surface area contributed by atoms with Gasteiger partial charge in [-0.05, 0) is 24.5 Å². The van der Waals surface area contributed by atoms with Gasteiger partial charge in [-0.15, -0.1) is 24.8 Å². The fourth-order valence-corrected chi connectivity index (χ4v) is 3.15. The summed E-state index contributed by atoms with van der Waals surface area (Å²) < 4.78 is 14.2. The van der Waals surface area contributed by atoms with Crippen LogP contribution >= 0.6 is 36.4 Å². The summed E-state index contributed by atoms with van der Waals surface area (Å²) in [6.45, 7) is 3.57. The van der Waals surface area contributed by atoms with Crippen molar-refractivity contribution in [3.05, 3.63) is 28.5 Å². The van der Waals surface area contributed by atoms with Gasteiger partial charge in [0, 0.05) is 37.8 Å². The van der Waals surface area contributed by atoms with Crippen molar-refractivity contribution in [1.82, 2.24) is 10.2 Å². The average Bonchev–Trinajstić information content (AvgIpc) is 3.27. The molecule has 1 saturated carbocycles. The van der Waals surface area contributed by atoms with Crippen LogP contribution in [0.1, 0.15) is 30.9 Å². The van der Waals surface area contributed by atoms with Crippen molar-refractivity contribution in [2.24, 2.45) is 5.92 Å². The highest BCUT2D eigenvalue weighted by molar-refractivity contribution is 6.32. The zero-order chi connectivity index (χ0) is 14.1. The summed E-state index contributed by atoms with van der Waals surface area (Å²) in [5, 5.41) is 13.7. The van der Waals surface area contributed by atoms with Crippen LogP contribution in [0.3, 0.4) is 0 Å². The minimum atomic E-state index is -0.351. The van der Waals surface area contributed by atoms with Crippen molar-refractivity contribution < 1.29 is 9.50 Å². The van der Waals surface area contributed by atoms with Gasteiger partial charge >= 0.3 is 0 Å². The highest BCUT2D eigenvalue weighted by Gasteiger charge is 2.33. The Morgan fingerprint density at radius 2 is 1.91 bits per heavy atom. The van der Waals surface area contributed by atoms with E-state index in [1.165, 1.54) is 25.0 Å². The van der Waals surface area contributed by atoms with Crippen molar-refractivity contribution >= 4 is 36.4 Å². The van der Waals surface area contributed by atoms with Crippen molar-refractivity contribution in [2.45, 2.75) is 25.3 Å². The van der Waals surface area contributed by atoms with Crippen LogP contribution in [-0.2, 0) is 0 Å². The van der Waals surface area contributed by atoms with E-state index < -0.39 is 0 Å². The molecule has 0 unspecified atom stereocenters. The molecule has 0 amide bonds. The van der Waals surface area contributed by atoms with Crippen LogP contribution in [0.25, 0.3) is 0 Å². The number of benzene rings is 1. The lowest BCUT2D eigenvalue weighted by molar-refractivity contribution is 0.154. The first-order valence-electron chi connectivity index (χ1n) is 7.28. The summed E-state index contributed by atoms with van der Waals surface area (Å²) >= 11 is 5.97. The number of phenols is 1. The van der Waals surface area contributed by atoms with E-state index in [1.807, 2.05) is 0 Å². The first-order chi connectivity index (χ1) is 9.66. The predicted octanol–water partition coefficient (Wildman–Crippen LogP) is 3.77. The van der Waals surface area contributed by atoms with E-state index in [0.717, 1.165) is 32.6 Å². The molecule has 1 aromatic rings. The van der Waals surface area contributed by atoms with E-state index in [4.69, 9.17) is 11.6 Å². The fourth-order valence-electron chi connectivity index (χ4n) is 2.99. The second kappa shape index (κ2) is 8.55. The Bertz CT molecular complexity index is 494. The van der Waals surface area contributed by atoms with Crippen molar-refractivity contribution in [2.75, 3.05) is 26.2 Å². The van der Waals surface area contributed by atoms with Crippen molar-refractivity contribution in [3.63, 3.8) is 0 Å². The number of hydrogen-bond donors (Lipinski definition) is 2. The average molecular weight is 372 g/mol. The molecule has 0 spiro atoms. The maximum atomic E-state index is 14.2. The third-order valence-corrected chi connectivity index (χ3v) is 4.60. The molecule has 7 heteroatoms. The molecule has 1 atom stereocenters. The largest absolute Gasteiger partial charge is 0.506 e. The molecule has 2 fully saturated rings. The molecule has 0 radical (unpaired) electrons. The maximum Gasteiger partial charge on any atom is 0.141 e. The highest BCUT2D eigenvalue weighted by Crippen LogP contribution is 2.44. The van der Waals surface area contributed by atoms with Crippen LogP contribution in [0.2, 0.25) is 5.02 Å². The molecule has 1 aromatic carbocycles. The lowest BCUT2D eigenvalue weighted by Gasteiger charge is -2.36. The van der Waals surface area contributed by atoms with Gasteiger partial charge in [0.05, 0.1) is 5.02 Å². The Balaban J connectivity index is 0.00000121. The molecule has 1 saturated heterocycles. The van der Waals surface area contributed by atoms with Crippen LogP contribution in [0.4, 0.5) is 4.39 Å². The molecule has 1 aliphatic carbocycles.